The summed E-state index contributed by atoms with van der Waals surface area (Å²) in [4.78, 5) is 0. The zero-order valence-corrected chi connectivity index (χ0v) is 7.53. The summed E-state index contributed by atoms with van der Waals surface area (Å²) in [5.74, 6) is 1.41. The molecule has 0 rings (SSSR count). The highest BCUT2D eigenvalue weighted by Gasteiger charge is 1.82. The standard InChI is InChI=1S/C5H11Cl2N.ClH/c6-2-1-4-8-5-3-7;/h8H,1-5H2;1H. The second kappa shape index (κ2) is 11.6. The fraction of sp³-hybridized carbons (Fsp3) is 1.00. The van der Waals surface area contributed by atoms with E-state index in [9.17, 15) is 0 Å². The van der Waals surface area contributed by atoms with Crippen LogP contribution in [0.1, 0.15) is 6.42 Å². The molecular formula is C5H12Cl3N. The molecule has 0 aromatic carbocycles. The van der Waals surface area contributed by atoms with Crippen molar-refractivity contribution in [3.8, 4) is 0 Å². The van der Waals surface area contributed by atoms with Crippen LogP contribution in [0.3, 0.4) is 0 Å². The summed E-state index contributed by atoms with van der Waals surface area (Å²) in [5.41, 5.74) is 0. The van der Waals surface area contributed by atoms with Crippen LogP contribution in [0.15, 0.2) is 0 Å². The van der Waals surface area contributed by atoms with Crippen LogP contribution in [-0.4, -0.2) is 24.8 Å². The molecule has 0 unspecified atom stereocenters. The van der Waals surface area contributed by atoms with Crippen molar-refractivity contribution in [3.63, 3.8) is 0 Å². The molecule has 0 bridgehead atoms. The quantitative estimate of drug-likeness (QED) is 0.518. The molecule has 0 saturated heterocycles. The SMILES string of the molecule is Cl.ClCCCNCCCl. The van der Waals surface area contributed by atoms with E-state index in [1.165, 1.54) is 0 Å². The van der Waals surface area contributed by atoms with Crippen LogP contribution in [0.5, 0.6) is 0 Å². The van der Waals surface area contributed by atoms with Gasteiger partial charge in [0.1, 0.15) is 0 Å². The fourth-order valence-electron chi connectivity index (χ4n) is 0.384. The number of hydrogen-bond acceptors (Lipinski definition) is 1. The predicted molar refractivity (Wildman–Crippen MR) is 46.2 cm³/mol. The predicted octanol–water partition coefficient (Wildman–Crippen LogP) is 1.87. The molecule has 0 aromatic heterocycles. The van der Waals surface area contributed by atoms with Crippen LogP contribution >= 0.6 is 35.6 Å². The molecule has 1 nitrogen and oxygen atoms in total. The van der Waals surface area contributed by atoms with Crippen LogP contribution in [-0.2, 0) is 0 Å². The molecule has 0 amide bonds. The smallest absolute Gasteiger partial charge is 0.0348 e. The highest BCUT2D eigenvalue weighted by atomic mass is 35.5. The summed E-state index contributed by atoms with van der Waals surface area (Å²) in [5, 5.41) is 3.12. The van der Waals surface area contributed by atoms with Gasteiger partial charge in [-0.2, -0.15) is 0 Å². The Labute approximate surface area is 72.5 Å². The molecule has 0 saturated carbocycles. The summed E-state index contributed by atoms with van der Waals surface area (Å²) in [6.45, 7) is 1.87. The Balaban J connectivity index is 0. The third-order valence-corrected chi connectivity index (χ3v) is 1.21. The molecule has 0 aliphatic carbocycles. The van der Waals surface area contributed by atoms with Crippen molar-refractivity contribution in [1.82, 2.24) is 5.32 Å². The Kier molecular flexibility index (Phi) is 16.1. The zero-order valence-electron chi connectivity index (χ0n) is 5.20. The van der Waals surface area contributed by atoms with E-state index in [4.69, 9.17) is 23.2 Å². The van der Waals surface area contributed by atoms with Gasteiger partial charge in [-0.25, -0.2) is 0 Å². The molecule has 4 heteroatoms. The first-order valence-electron chi connectivity index (χ1n) is 2.74. The van der Waals surface area contributed by atoms with E-state index in [0.29, 0.717) is 5.88 Å². The first-order valence-corrected chi connectivity index (χ1v) is 3.81. The van der Waals surface area contributed by atoms with Gasteiger partial charge in [0.2, 0.25) is 0 Å². The van der Waals surface area contributed by atoms with Gasteiger partial charge in [0.25, 0.3) is 0 Å². The van der Waals surface area contributed by atoms with E-state index >= 15 is 0 Å². The van der Waals surface area contributed by atoms with Crippen molar-refractivity contribution in [2.45, 2.75) is 6.42 Å². The third kappa shape index (κ3) is 12.1. The first-order chi connectivity index (χ1) is 3.91. The summed E-state index contributed by atoms with van der Waals surface area (Å²) in [6.07, 6.45) is 1.03. The molecule has 0 heterocycles. The van der Waals surface area contributed by atoms with Gasteiger partial charge in [-0.1, -0.05) is 0 Å². The van der Waals surface area contributed by atoms with Crippen molar-refractivity contribution in [3.05, 3.63) is 0 Å². The molecule has 0 atom stereocenters. The number of halogens is 3. The lowest BCUT2D eigenvalue weighted by Crippen LogP contribution is -2.17. The van der Waals surface area contributed by atoms with Crippen molar-refractivity contribution in [1.29, 1.82) is 0 Å². The van der Waals surface area contributed by atoms with Crippen molar-refractivity contribution < 1.29 is 0 Å². The molecule has 0 aliphatic rings. The largest absolute Gasteiger partial charge is 0.316 e. The highest BCUT2D eigenvalue weighted by Crippen LogP contribution is 1.80. The third-order valence-electron chi connectivity index (χ3n) is 0.758. The van der Waals surface area contributed by atoms with E-state index in [1.807, 2.05) is 0 Å². The van der Waals surface area contributed by atoms with Crippen LogP contribution in [0.2, 0.25) is 0 Å². The topological polar surface area (TPSA) is 12.0 Å². The Hall–Kier alpha value is 0.830. The Bertz CT molecular complexity index is 37.2. The average molecular weight is 193 g/mol. The molecule has 0 aromatic rings. The van der Waals surface area contributed by atoms with Crippen LogP contribution in [0, 0.1) is 0 Å². The number of rotatable bonds is 5. The van der Waals surface area contributed by atoms with Gasteiger partial charge in [0.05, 0.1) is 0 Å². The minimum atomic E-state index is 0. The van der Waals surface area contributed by atoms with Gasteiger partial charge in [-0.15, -0.1) is 35.6 Å². The lowest BCUT2D eigenvalue weighted by atomic mass is 10.5. The molecule has 0 fully saturated rings. The first kappa shape index (κ1) is 12.5. The number of hydrogen-bond donors (Lipinski definition) is 1. The minimum Gasteiger partial charge on any atom is -0.316 e. The highest BCUT2D eigenvalue weighted by molar-refractivity contribution is 6.18. The zero-order chi connectivity index (χ0) is 6.24. The second-order valence-corrected chi connectivity index (χ2v) is 2.24. The van der Waals surface area contributed by atoms with Crippen molar-refractivity contribution >= 4 is 35.6 Å². The maximum absolute atomic E-state index is 5.41. The van der Waals surface area contributed by atoms with Gasteiger partial charge in [-0.05, 0) is 13.0 Å². The second-order valence-electron chi connectivity index (χ2n) is 1.48. The van der Waals surface area contributed by atoms with E-state index in [-0.39, 0.29) is 12.4 Å². The normalized spacial score (nSPS) is 8.67. The van der Waals surface area contributed by atoms with Gasteiger partial charge in [0, 0.05) is 18.3 Å². The molecule has 0 aliphatic heterocycles. The van der Waals surface area contributed by atoms with Gasteiger partial charge in [0.15, 0.2) is 0 Å². The van der Waals surface area contributed by atoms with E-state index in [2.05, 4.69) is 5.32 Å². The number of nitrogens with one attached hydrogen (secondary N) is 1. The van der Waals surface area contributed by atoms with Gasteiger partial charge >= 0.3 is 0 Å². The summed E-state index contributed by atoms with van der Waals surface area (Å²) in [6, 6.07) is 0. The van der Waals surface area contributed by atoms with E-state index in [0.717, 1.165) is 25.4 Å². The van der Waals surface area contributed by atoms with E-state index in [1.54, 1.807) is 0 Å². The fourth-order valence-corrected chi connectivity index (χ4v) is 0.651. The Morgan fingerprint density at radius 2 is 1.67 bits per heavy atom. The lowest BCUT2D eigenvalue weighted by Gasteiger charge is -1.96. The molecule has 9 heavy (non-hydrogen) atoms. The molecule has 1 N–H and O–H groups in total. The maximum atomic E-state index is 5.41. The summed E-state index contributed by atoms with van der Waals surface area (Å²) < 4.78 is 0. The van der Waals surface area contributed by atoms with Crippen LogP contribution < -0.4 is 5.32 Å². The van der Waals surface area contributed by atoms with Crippen LogP contribution in [0.25, 0.3) is 0 Å². The van der Waals surface area contributed by atoms with Gasteiger partial charge in [-0.3, -0.25) is 0 Å². The van der Waals surface area contributed by atoms with Crippen LogP contribution in [0.4, 0.5) is 0 Å². The monoisotopic (exact) mass is 191 g/mol. The molecule has 58 valence electrons. The minimum absolute atomic E-state index is 0. The van der Waals surface area contributed by atoms with E-state index < -0.39 is 0 Å². The Morgan fingerprint density at radius 1 is 1.00 bits per heavy atom. The Morgan fingerprint density at radius 3 is 2.11 bits per heavy atom. The van der Waals surface area contributed by atoms with Crippen molar-refractivity contribution in [2.24, 2.45) is 0 Å². The molecular weight excluding hydrogens is 180 g/mol. The summed E-state index contributed by atoms with van der Waals surface area (Å²) in [7, 11) is 0. The van der Waals surface area contributed by atoms with Crippen molar-refractivity contribution in [2.75, 3.05) is 24.8 Å². The molecule has 0 radical (unpaired) electrons. The average Bonchev–Trinajstić information content (AvgIpc) is 1.81. The number of alkyl halides is 2. The maximum Gasteiger partial charge on any atom is 0.0348 e. The van der Waals surface area contributed by atoms with Gasteiger partial charge < -0.3 is 5.32 Å². The molecule has 0 spiro atoms. The lowest BCUT2D eigenvalue weighted by molar-refractivity contribution is 0.708. The summed E-state index contributed by atoms with van der Waals surface area (Å²) >= 11 is 10.8.